The van der Waals surface area contributed by atoms with Crippen LogP contribution in [-0.4, -0.2) is 6.54 Å². The van der Waals surface area contributed by atoms with Gasteiger partial charge in [0.2, 0.25) is 0 Å². The summed E-state index contributed by atoms with van der Waals surface area (Å²) in [7, 11) is 0. The van der Waals surface area contributed by atoms with Gasteiger partial charge in [0, 0.05) is 6.54 Å². The minimum atomic E-state index is -0.296. The third-order valence-corrected chi connectivity index (χ3v) is 2.06. The smallest absolute Gasteiger partial charge is 0.123 e. The van der Waals surface area contributed by atoms with E-state index >= 15 is 0 Å². The monoisotopic (exact) mass is 206 g/mol. The van der Waals surface area contributed by atoms with Crippen molar-refractivity contribution in [2.45, 2.75) is 20.4 Å². The molecule has 0 aromatic heterocycles. The Hall–Kier alpha value is -1.40. The van der Waals surface area contributed by atoms with Gasteiger partial charge in [0.25, 0.3) is 0 Å². The van der Waals surface area contributed by atoms with Crippen LogP contribution in [-0.2, 0) is 6.54 Å². The summed E-state index contributed by atoms with van der Waals surface area (Å²) in [6.07, 6.45) is 0. The molecule has 80 valence electrons. The Morgan fingerprint density at radius 2 is 2.20 bits per heavy atom. The molecule has 0 saturated heterocycles. The summed E-state index contributed by atoms with van der Waals surface area (Å²) in [5.41, 5.74) is 1.26. The zero-order chi connectivity index (χ0) is 11.3. The number of benzene rings is 1. The third-order valence-electron chi connectivity index (χ3n) is 2.06. The second-order valence-electron chi connectivity index (χ2n) is 3.94. The van der Waals surface area contributed by atoms with Crippen LogP contribution in [0.25, 0.3) is 0 Å². The number of rotatable bonds is 4. The molecular weight excluding hydrogens is 191 g/mol. The Kier molecular flexibility index (Phi) is 4.26. The molecule has 1 aromatic rings. The van der Waals surface area contributed by atoms with Gasteiger partial charge < -0.3 is 5.32 Å². The number of nitrogens with zero attached hydrogens (tertiary/aromatic N) is 1. The largest absolute Gasteiger partial charge is 0.312 e. The van der Waals surface area contributed by atoms with Gasteiger partial charge in [-0.2, -0.15) is 5.26 Å². The molecule has 0 amide bonds. The molecule has 0 heterocycles. The summed E-state index contributed by atoms with van der Waals surface area (Å²) in [6.45, 7) is 5.60. The van der Waals surface area contributed by atoms with Gasteiger partial charge in [0.15, 0.2) is 0 Å². The highest BCUT2D eigenvalue weighted by Gasteiger charge is 2.03. The van der Waals surface area contributed by atoms with Crippen LogP contribution >= 0.6 is 0 Å². The molecule has 0 aliphatic carbocycles. The first-order valence-electron chi connectivity index (χ1n) is 5.02. The summed E-state index contributed by atoms with van der Waals surface area (Å²) in [6, 6.07) is 6.29. The molecule has 0 aliphatic heterocycles. The minimum absolute atomic E-state index is 0.296. The van der Waals surface area contributed by atoms with E-state index in [1.807, 2.05) is 0 Å². The lowest BCUT2D eigenvalue weighted by atomic mass is 10.1. The first kappa shape index (κ1) is 11.7. The summed E-state index contributed by atoms with van der Waals surface area (Å²) >= 11 is 0. The Morgan fingerprint density at radius 1 is 1.47 bits per heavy atom. The predicted molar refractivity (Wildman–Crippen MR) is 57.7 cm³/mol. The Balaban J connectivity index is 2.67. The summed E-state index contributed by atoms with van der Waals surface area (Å²) in [5, 5.41) is 12.0. The molecule has 0 spiro atoms. The van der Waals surface area contributed by atoms with Crippen LogP contribution in [0.3, 0.4) is 0 Å². The summed E-state index contributed by atoms with van der Waals surface area (Å²) in [4.78, 5) is 0. The van der Waals surface area contributed by atoms with Crippen molar-refractivity contribution in [3.8, 4) is 6.07 Å². The van der Waals surface area contributed by atoms with E-state index in [-0.39, 0.29) is 5.82 Å². The van der Waals surface area contributed by atoms with Crippen molar-refractivity contribution in [1.29, 1.82) is 5.26 Å². The molecule has 0 radical (unpaired) electrons. The van der Waals surface area contributed by atoms with E-state index in [4.69, 9.17) is 5.26 Å². The van der Waals surface area contributed by atoms with E-state index in [0.29, 0.717) is 18.0 Å². The Morgan fingerprint density at radius 3 is 2.80 bits per heavy atom. The zero-order valence-corrected chi connectivity index (χ0v) is 9.05. The van der Waals surface area contributed by atoms with Gasteiger partial charge in [-0.3, -0.25) is 0 Å². The summed E-state index contributed by atoms with van der Waals surface area (Å²) in [5.74, 6) is 0.249. The highest BCUT2D eigenvalue weighted by atomic mass is 19.1. The van der Waals surface area contributed by atoms with Gasteiger partial charge in [-0.05, 0) is 36.2 Å². The topological polar surface area (TPSA) is 35.8 Å². The highest BCUT2D eigenvalue weighted by molar-refractivity contribution is 5.37. The van der Waals surface area contributed by atoms with Gasteiger partial charge in [-0.1, -0.05) is 13.8 Å². The maximum absolute atomic E-state index is 12.9. The van der Waals surface area contributed by atoms with E-state index in [2.05, 4.69) is 25.2 Å². The lowest BCUT2D eigenvalue weighted by Crippen LogP contribution is -2.19. The Bertz CT molecular complexity index is 366. The maximum atomic E-state index is 12.9. The van der Waals surface area contributed by atoms with E-state index in [1.165, 1.54) is 18.2 Å². The predicted octanol–water partition coefficient (Wildman–Crippen LogP) is 2.44. The van der Waals surface area contributed by atoms with Crippen LogP contribution in [0.5, 0.6) is 0 Å². The average molecular weight is 206 g/mol. The number of nitrogens with one attached hydrogen (secondary N) is 1. The molecule has 0 saturated carbocycles. The van der Waals surface area contributed by atoms with Crippen LogP contribution in [0.1, 0.15) is 25.0 Å². The average Bonchev–Trinajstić information content (AvgIpc) is 2.17. The molecule has 2 nitrogen and oxygen atoms in total. The second kappa shape index (κ2) is 5.47. The van der Waals surface area contributed by atoms with E-state index in [9.17, 15) is 4.39 Å². The molecule has 1 rings (SSSR count). The van der Waals surface area contributed by atoms with E-state index < -0.39 is 0 Å². The van der Waals surface area contributed by atoms with Crippen molar-refractivity contribution >= 4 is 0 Å². The standard InChI is InChI=1S/C12H15FN2/c1-9(2)7-15-8-11-5-12(13)4-3-10(11)6-14/h3-5,9,15H,7-8H2,1-2H3. The molecule has 1 N–H and O–H groups in total. The lowest BCUT2D eigenvalue weighted by Gasteiger charge is -2.08. The summed E-state index contributed by atoms with van der Waals surface area (Å²) < 4.78 is 12.9. The maximum Gasteiger partial charge on any atom is 0.123 e. The fraction of sp³-hybridized carbons (Fsp3) is 0.417. The molecule has 0 unspecified atom stereocenters. The fourth-order valence-electron chi connectivity index (χ4n) is 1.31. The minimum Gasteiger partial charge on any atom is -0.312 e. The van der Waals surface area contributed by atoms with Crippen molar-refractivity contribution in [2.24, 2.45) is 5.92 Å². The van der Waals surface area contributed by atoms with Crippen molar-refractivity contribution < 1.29 is 4.39 Å². The molecule has 1 aromatic carbocycles. The van der Waals surface area contributed by atoms with Gasteiger partial charge in [0.1, 0.15) is 5.82 Å². The van der Waals surface area contributed by atoms with Crippen molar-refractivity contribution in [1.82, 2.24) is 5.32 Å². The van der Waals surface area contributed by atoms with Crippen LogP contribution in [0, 0.1) is 23.1 Å². The molecule has 0 bridgehead atoms. The number of hydrogen-bond acceptors (Lipinski definition) is 2. The van der Waals surface area contributed by atoms with Crippen molar-refractivity contribution in [3.63, 3.8) is 0 Å². The quantitative estimate of drug-likeness (QED) is 0.821. The number of nitriles is 1. The highest BCUT2D eigenvalue weighted by Crippen LogP contribution is 2.10. The van der Waals surface area contributed by atoms with Gasteiger partial charge in [-0.15, -0.1) is 0 Å². The molecule has 0 fully saturated rings. The zero-order valence-electron chi connectivity index (χ0n) is 9.05. The normalized spacial score (nSPS) is 10.3. The van der Waals surface area contributed by atoms with Crippen LogP contribution < -0.4 is 5.32 Å². The van der Waals surface area contributed by atoms with Gasteiger partial charge in [-0.25, -0.2) is 4.39 Å². The SMILES string of the molecule is CC(C)CNCc1cc(F)ccc1C#N. The Labute approximate surface area is 89.7 Å². The molecule has 0 atom stereocenters. The third kappa shape index (κ3) is 3.69. The molecule has 15 heavy (non-hydrogen) atoms. The van der Waals surface area contributed by atoms with Gasteiger partial charge in [0.05, 0.1) is 11.6 Å². The van der Waals surface area contributed by atoms with E-state index in [1.54, 1.807) is 0 Å². The molecule has 3 heteroatoms. The number of hydrogen-bond donors (Lipinski definition) is 1. The van der Waals surface area contributed by atoms with Crippen LogP contribution in [0.15, 0.2) is 18.2 Å². The van der Waals surface area contributed by atoms with E-state index in [0.717, 1.165) is 12.1 Å². The first-order valence-corrected chi connectivity index (χ1v) is 5.02. The van der Waals surface area contributed by atoms with Crippen LogP contribution in [0.2, 0.25) is 0 Å². The lowest BCUT2D eigenvalue weighted by molar-refractivity contribution is 0.549. The second-order valence-corrected chi connectivity index (χ2v) is 3.94. The molecular formula is C12H15FN2. The van der Waals surface area contributed by atoms with Crippen molar-refractivity contribution in [2.75, 3.05) is 6.54 Å². The first-order chi connectivity index (χ1) is 7.13. The van der Waals surface area contributed by atoms with Gasteiger partial charge >= 0.3 is 0 Å². The number of halogens is 1. The van der Waals surface area contributed by atoms with Crippen molar-refractivity contribution in [3.05, 3.63) is 35.1 Å². The fourth-order valence-corrected chi connectivity index (χ4v) is 1.31. The van der Waals surface area contributed by atoms with Crippen LogP contribution in [0.4, 0.5) is 4.39 Å². The molecule has 0 aliphatic rings.